The molecule has 0 saturated carbocycles. The topological polar surface area (TPSA) is 29.9 Å². The van der Waals surface area contributed by atoms with Gasteiger partial charge in [-0.2, -0.15) is 0 Å². The number of nitrogens with zero attached hydrogens (tertiary/aromatic N) is 2. The summed E-state index contributed by atoms with van der Waals surface area (Å²) in [6, 6.07) is 8.79. The van der Waals surface area contributed by atoms with Crippen molar-refractivity contribution in [2.75, 3.05) is 6.54 Å². The summed E-state index contributed by atoms with van der Waals surface area (Å²) in [6.07, 6.45) is 4.77. The van der Waals surface area contributed by atoms with Gasteiger partial charge in [-0.15, -0.1) is 0 Å². The molecule has 0 bridgehead atoms. The van der Waals surface area contributed by atoms with Gasteiger partial charge in [0.2, 0.25) is 0 Å². The third kappa shape index (κ3) is 3.43. The average Bonchev–Trinajstić information content (AvgIpc) is 2.76. The summed E-state index contributed by atoms with van der Waals surface area (Å²) in [4.78, 5) is 4.31. The van der Waals surface area contributed by atoms with E-state index in [2.05, 4.69) is 62.0 Å². The van der Waals surface area contributed by atoms with Crippen LogP contribution in [0.3, 0.4) is 0 Å². The van der Waals surface area contributed by atoms with Crippen molar-refractivity contribution in [2.45, 2.75) is 19.4 Å². The lowest BCUT2D eigenvalue weighted by Crippen LogP contribution is -2.22. The van der Waals surface area contributed by atoms with E-state index in [4.69, 9.17) is 0 Å². The first-order valence-electron chi connectivity index (χ1n) is 6.12. The van der Waals surface area contributed by atoms with Crippen LogP contribution in [-0.4, -0.2) is 16.1 Å². The number of rotatable bonds is 5. The lowest BCUT2D eigenvalue weighted by molar-refractivity contribution is 0.565. The van der Waals surface area contributed by atoms with Gasteiger partial charge < -0.3 is 9.88 Å². The highest BCUT2D eigenvalue weighted by atomic mass is 79.9. The Balaban J connectivity index is 1.83. The van der Waals surface area contributed by atoms with Gasteiger partial charge in [0, 0.05) is 42.9 Å². The van der Waals surface area contributed by atoms with Crippen molar-refractivity contribution >= 4 is 15.9 Å². The summed E-state index contributed by atoms with van der Waals surface area (Å²) < 4.78 is 3.18. The van der Waals surface area contributed by atoms with Gasteiger partial charge in [-0.05, 0) is 24.6 Å². The van der Waals surface area contributed by atoms with E-state index in [1.165, 1.54) is 5.56 Å². The molecule has 3 nitrogen and oxygen atoms in total. The molecule has 18 heavy (non-hydrogen) atoms. The number of hydrogen-bond donors (Lipinski definition) is 1. The number of aryl methyl sites for hydroxylation is 1. The first kappa shape index (κ1) is 13.3. The molecule has 0 saturated heterocycles. The molecule has 1 aromatic carbocycles. The van der Waals surface area contributed by atoms with Crippen LogP contribution in [-0.2, 0) is 13.5 Å². The fourth-order valence-electron chi connectivity index (χ4n) is 1.91. The number of benzene rings is 1. The second-order valence-electron chi connectivity index (χ2n) is 4.43. The van der Waals surface area contributed by atoms with E-state index in [9.17, 15) is 0 Å². The van der Waals surface area contributed by atoms with Crippen molar-refractivity contribution in [3.8, 4) is 0 Å². The lowest BCUT2D eigenvalue weighted by Gasteiger charge is -2.14. The number of imidazole rings is 1. The number of aromatic nitrogens is 2. The largest absolute Gasteiger partial charge is 0.338 e. The van der Waals surface area contributed by atoms with Crippen LogP contribution in [0.4, 0.5) is 0 Å². The molecule has 0 aliphatic rings. The van der Waals surface area contributed by atoms with Crippen LogP contribution in [0.1, 0.15) is 24.4 Å². The van der Waals surface area contributed by atoms with Crippen LogP contribution < -0.4 is 5.32 Å². The Morgan fingerprint density at radius 1 is 1.33 bits per heavy atom. The van der Waals surface area contributed by atoms with Crippen LogP contribution in [0, 0.1) is 0 Å². The molecule has 1 N–H and O–H groups in total. The molecule has 0 aliphatic carbocycles. The standard InChI is InChI=1S/C14H18BrN3/c1-11(12-3-5-13(15)6-4-12)16-8-7-14-17-9-10-18(14)2/h3-6,9-11,16H,7-8H2,1-2H3/t11-/m1/s1. The van der Waals surface area contributed by atoms with E-state index in [1.807, 2.05) is 19.4 Å². The maximum absolute atomic E-state index is 4.31. The van der Waals surface area contributed by atoms with E-state index in [-0.39, 0.29) is 0 Å². The van der Waals surface area contributed by atoms with E-state index in [0.717, 1.165) is 23.3 Å². The zero-order valence-electron chi connectivity index (χ0n) is 10.7. The Kier molecular flexibility index (Phi) is 4.55. The highest BCUT2D eigenvalue weighted by Crippen LogP contribution is 2.16. The summed E-state index contributed by atoms with van der Waals surface area (Å²) in [6.45, 7) is 3.11. The highest BCUT2D eigenvalue weighted by molar-refractivity contribution is 9.10. The summed E-state index contributed by atoms with van der Waals surface area (Å²) in [5, 5.41) is 3.52. The van der Waals surface area contributed by atoms with Gasteiger partial charge in [0.25, 0.3) is 0 Å². The normalized spacial score (nSPS) is 12.6. The van der Waals surface area contributed by atoms with Crippen LogP contribution in [0.25, 0.3) is 0 Å². The molecule has 96 valence electrons. The van der Waals surface area contributed by atoms with E-state index >= 15 is 0 Å². The summed E-state index contributed by atoms with van der Waals surface area (Å²) >= 11 is 3.45. The maximum atomic E-state index is 4.31. The fourth-order valence-corrected chi connectivity index (χ4v) is 2.17. The smallest absolute Gasteiger partial charge is 0.109 e. The van der Waals surface area contributed by atoms with E-state index in [0.29, 0.717) is 6.04 Å². The van der Waals surface area contributed by atoms with Crippen molar-refractivity contribution < 1.29 is 0 Å². The number of halogens is 1. The molecule has 0 amide bonds. The van der Waals surface area contributed by atoms with Gasteiger partial charge in [-0.1, -0.05) is 28.1 Å². The van der Waals surface area contributed by atoms with Crippen LogP contribution in [0.15, 0.2) is 41.1 Å². The molecule has 2 aromatic rings. The third-order valence-corrected chi connectivity index (χ3v) is 3.62. The molecule has 4 heteroatoms. The molecule has 0 spiro atoms. The molecule has 0 unspecified atom stereocenters. The highest BCUT2D eigenvalue weighted by Gasteiger charge is 2.05. The Morgan fingerprint density at radius 2 is 2.06 bits per heavy atom. The zero-order valence-corrected chi connectivity index (χ0v) is 12.3. The monoisotopic (exact) mass is 307 g/mol. The van der Waals surface area contributed by atoms with Gasteiger partial charge in [0.05, 0.1) is 0 Å². The Bertz CT molecular complexity index is 490. The second-order valence-corrected chi connectivity index (χ2v) is 5.35. The Morgan fingerprint density at radius 3 is 2.67 bits per heavy atom. The first-order valence-corrected chi connectivity index (χ1v) is 6.91. The van der Waals surface area contributed by atoms with Gasteiger partial charge in [0.1, 0.15) is 5.82 Å². The first-order chi connectivity index (χ1) is 8.66. The molecule has 0 fully saturated rings. The van der Waals surface area contributed by atoms with Crippen molar-refractivity contribution in [3.05, 3.63) is 52.5 Å². The molecular weight excluding hydrogens is 290 g/mol. The zero-order chi connectivity index (χ0) is 13.0. The molecule has 1 atom stereocenters. The molecule has 2 rings (SSSR count). The summed E-state index contributed by atoms with van der Waals surface area (Å²) in [7, 11) is 2.03. The quantitative estimate of drug-likeness (QED) is 0.920. The maximum Gasteiger partial charge on any atom is 0.109 e. The van der Waals surface area contributed by atoms with Gasteiger partial charge in [-0.3, -0.25) is 0 Å². The minimum atomic E-state index is 0.360. The average molecular weight is 308 g/mol. The Labute approximate surface area is 116 Å². The van der Waals surface area contributed by atoms with Gasteiger partial charge >= 0.3 is 0 Å². The van der Waals surface area contributed by atoms with E-state index in [1.54, 1.807) is 0 Å². The molecule has 0 radical (unpaired) electrons. The minimum Gasteiger partial charge on any atom is -0.338 e. The van der Waals surface area contributed by atoms with Crippen LogP contribution >= 0.6 is 15.9 Å². The van der Waals surface area contributed by atoms with Crippen LogP contribution in [0.2, 0.25) is 0 Å². The lowest BCUT2D eigenvalue weighted by atomic mass is 10.1. The van der Waals surface area contributed by atoms with Crippen LogP contribution in [0.5, 0.6) is 0 Å². The minimum absolute atomic E-state index is 0.360. The van der Waals surface area contributed by atoms with E-state index < -0.39 is 0 Å². The fraction of sp³-hybridized carbons (Fsp3) is 0.357. The molecule has 0 aliphatic heterocycles. The third-order valence-electron chi connectivity index (χ3n) is 3.09. The van der Waals surface area contributed by atoms with Crippen molar-refractivity contribution in [1.29, 1.82) is 0 Å². The van der Waals surface area contributed by atoms with Crippen molar-refractivity contribution in [3.63, 3.8) is 0 Å². The van der Waals surface area contributed by atoms with Gasteiger partial charge in [0.15, 0.2) is 0 Å². The predicted molar refractivity (Wildman–Crippen MR) is 77.5 cm³/mol. The summed E-state index contributed by atoms with van der Waals surface area (Å²) in [5.74, 6) is 1.12. The second kappa shape index (κ2) is 6.16. The molecule has 1 aromatic heterocycles. The Hall–Kier alpha value is -1.13. The number of nitrogens with one attached hydrogen (secondary N) is 1. The number of hydrogen-bond acceptors (Lipinski definition) is 2. The SMILES string of the molecule is C[C@@H](NCCc1nccn1C)c1ccc(Br)cc1. The van der Waals surface area contributed by atoms with Gasteiger partial charge in [-0.25, -0.2) is 4.98 Å². The molecule has 1 heterocycles. The molecular formula is C14H18BrN3. The van der Waals surface area contributed by atoms with Crippen molar-refractivity contribution in [1.82, 2.24) is 14.9 Å². The predicted octanol–water partition coefficient (Wildman–Crippen LogP) is 3.08. The summed E-state index contributed by atoms with van der Waals surface area (Å²) in [5.41, 5.74) is 1.30. The van der Waals surface area contributed by atoms with Crippen molar-refractivity contribution in [2.24, 2.45) is 7.05 Å².